The highest BCUT2D eigenvalue weighted by Crippen LogP contribution is 2.31. The molecule has 6 rings (SSSR count). The number of piperazine rings is 1. The predicted molar refractivity (Wildman–Crippen MR) is 232 cm³/mol. The number of aliphatic hydroxyl groups excluding tert-OH is 2. The van der Waals surface area contributed by atoms with E-state index in [2.05, 4.69) is 53.3 Å². The first-order valence-electron chi connectivity index (χ1n) is 20.4. The molecule has 2 amide bonds. The summed E-state index contributed by atoms with van der Waals surface area (Å²) in [6, 6.07) is 19.7. The van der Waals surface area contributed by atoms with Gasteiger partial charge in [0.05, 0.1) is 22.9 Å². The van der Waals surface area contributed by atoms with E-state index in [0.29, 0.717) is 88.3 Å². The molecular weight excluding hydrogens is 942 g/mol. The molecule has 2 fully saturated rings. The van der Waals surface area contributed by atoms with E-state index in [1.807, 2.05) is 68.1 Å². The molecule has 0 saturated carbocycles. The lowest BCUT2D eigenvalue weighted by Crippen LogP contribution is -2.59. The Labute approximate surface area is 376 Å². The largest absolute Gasteiger partial charge is 0.494 e. The molecule has 63 heavy (non-hydrogen) atoms. The molecule has 2 aromatic heterocycles. The Kier molecular flexibility index (Phi) is 16.2. The number of pyridine rings is 1. The van der Waals surface area contributed by atoms with E-state index < -0.39 is 48.0 Å². The van der Waals surface area contributed by atoms with Gasteiger partial charge in [0.1, 0.15) is 40.8 Å². The van der Waals surface area contributed by atoms with Gasteiger partial charge in [0, 0.05) is 51.9 Å². The molecule has 2 saturated heterocycles. The van der Waals surface area contributed by atoms with Gasteiger partial charge in [0.25, 0.3) is 5.91 Å². The summed E-state index contributed by atoms with van der Waals surface area (Å²) in [7, 11) is 0. The number of aromatic nitrogens is 3. The van der Waals surface area contributed by atoms with Crippen molar-refractivity contribution < 1.29 is 56.7 Å². The van der Waals surface area contributed by atoms with Crippen LogP contribution in [-0.4, -0.2) is 131 Å². The van der Waals surface area contributed by atoms with Gasteiger partial charge in [-0.1, -0.05) is 12.1 Å². The Hall–Kier alpha value is -5.03. The molecule has 2 aliphatic rings. The predicted octanol–water partition coefficient (Wildman–Crippen LogP) is 5.24. The third kappa shape index (κ3) is 14.2. The average Bonchev–Trinajstić information content (AvgIpc) is 3.24. The highest BCUT2D eigenvalue weighted by atomic mass is 127. The second-order valence-corrected chi connectivity index (χ2v) is 17.1. The molecule has 340 valence electrons. The Morgan fingerprint density at radius 1 is 0.905 bits per heavy atom. The summed E-state index contributed by atoms with van der Waals surface area (Å²) in [5, 5.41) is 35.5. The number of benzene rings is 2. The minimum absolute atomic E-state index is 0.144. The molecule has 2 aromatic carbocycles. The number of nitrogens with zero attached hydrogens (tertiary/aromatic N) is 5. The summed E-state index contributed by atoms with van der Waals surface area (Å²) in [4.78, 5) is 32.2. The summed E-state index contributed by atoms with van der Waals surface area (Å²) in [6.45, 7) is 9.19. The van der Waals surface area contributed by atoms with E-state index in [0.717, 1.165) is 21.3 Å². The number of carbonyl (C=O) groups excluding carboxylic acids is 2. The molecule has 2 aliphatic heterocycles. The van der Waals surface area contributed by atoms with Crippen LogP contribution in [0.4, 0.5) is 23.8 Å². The fourth-order valence-electron chi connectivity index (χ4n) is 6.63. The van der Waals surface area contributed by atoms with Crippen LogP contribution in [0.1, 0.15) is 48.9 Å². The first kappa shape index (κ1) is 47.4. The van der Waals surface area contributed by atoms with Crippen LogP contribution >= 0.6 is 22.6 Å². The van der Waals surface area contributed by atoms with Gasteiger partial charge in [-0.2, -0.15) is 13.2 Å². The van der Waals surface area contributed by atoms with E-state index in [9.17, 15) is 33.0 Å². The number of ether oxygens (including phenoxy) is 5. The van der Waals surface area contributed by atoms with Gasteiger partial charge in [-0.05, 0) is 116 Å². The standard InChI is InChI=1S/C43H51F3IN7O9/c1-42(2,3)63-41(58)49-18-16-27-8-14-32(30(47)24-27)61-29-11-9-28(10-12-29)59-23-5-17-48-40(57)31-13-15-36(52-51-31)54-21-19-53(20-22-54)25-33-38(55)39(56)34(26-60-33)62-37-7-4-6-35(50-37)43(44,45)46/h4,6-15,24,33-34,38-39,55-56H,5,16-23,25-26H2,1-3H3,(H,48,57)(H,49,58)/t33-,34+,38+,39-/m1/s1. The number of alkyl carbamates (subject to hydrolysis) is 1. The van der Waals surface area contributed by atoms with E-state index in [1.54, 1.807) is 12.1 Å². The number of aliphatic hydroxyl groups is 2. The highest BCUT2D eigenvalue weighted by Gasteiger charge is 2.41. The number of carbonyl (C=O) groups is 2. The van der Waals surface area contributed by atoms with Crippen molar-refractivity contribution in [3.8, 4) is 23.1 Å². The second kappa shape index (κ2) is 21.6. The zero-order valence-corrected chi connectivity index (χ0v) is 37.2. The summed E-state index contributed by atoms with van der Waals surface area (Å²) in [5.74, 6) is 1.95. The molecule has 0 spiro atoms. The van der Waals surface area contributed by atoms with Crippen molar-refractivity contribution in [3.05, 3.63) is 93.3 Å². The lowest BCUT2D eigenvalue weighted by molar-refractivity contribution is -0.185. The topological polar surface area (TPSA) is 190 Å². The van der Waals surface area contributed by atoms with Gasteiger partial charge in [-0.3, -0.25) is 9.69 Å². The van der Waals surface area contributed by atoms with Crippen molar-refractivity contribution >= 4 is 40.4 Å². The normalized spacial score (nSPS) is 19.5. The van der Waals surface area contributed by atoms with Crippen LogP contribution in [0.15, 0.2) is 72.8 Å². The first-order chi connectivity index (χ1) is 30.0. The third-order valence-corrected chi connectivity index (χ3v) is 10.7. The Balaban J connectivity index is 0.846. The molecule has 0 aliphatic carbocycles. The van der Waals surface area contributed by atoms with Crippen molar-refractivity contribution in [2.45, 2.75) is 69.8 Å². The summed E-state index contributed by atoms with van der Waals surface area (Å²) >= 11 is 2.22. The van der Waals surface area contributed by atoms with Crippen molar-refractivity contribution in [2.24, 2.45) is 0 Å². The molecule has 16 nitrogen and oxygen atoms in total. The number of anilines is 1. The zero-order chi connectivity index (χ0) is 45.1. The molecule has 4 heterocycles. The van der Waals surface area contributed by atoms with Crippen molar-refractivity contribution in [1.82, 2.24) is 30.7 Å². The maximum Gasteiger partial charge on any atom is 0.433 e. The molecule has 20 heteroatoms. The van der Waals surface area contributed by atoms with Crippen LogP contribution in [0.3, 0.4) is 0 Å². The van der Waals surface area contributed by atoms with Crippen LogP contribution < -0.4 is 29.7 Å². The monoisotopic (exact) mass is 993 g/mol. The van der Waals surface area contributed by atoms with Gasteiger partial charge in [0.2, 0.25) is 5.88 Å². The van der Waals surface area contributed by atoms with Crippen LogP contribution in [0, 0.1) is 3.57 Å². The van der Waals surface area contributed by atoms with Crippen LogP contribution in [0.25, 0.3) is 0 Å². The summed E-state index contributed by atoms with van der Waals surface area (Å²) in [5.41, 5.74) is -0.434. The van der Waals surface area contributed by atoms with Gasteiger partial charge < -0.3 is 49.4 Å². The zero-order valence-electron chi connectivity index (χ0n) is 35.0. The third-order valence-electron chi connectivity index (χ3n) is 9.90. The Bertz CT molecular complexity index is 2120. The number of halogens is 4. The lowest BCUT2D eigenvalue weighted by Gasteiger charge is -2.41. The fraction of sp³-hybridized carbons (Fsp3) is 0.465. The quantitative estimate of drug-likeness (QED) is 0.0843. The molecule has 0 bridgehead atoms. The van der Waals surface area contributed by atoms with Crippen molar-refractivity contribution in [3.63, 3.8) is 0 Å². The van der Waals surface area contributed by atoms with Crippen LogP contribution in [0.5, 0.6) is 23.1 Å². The van der Waals surface area contributed by atoms with Crippen LogP contribution in [0.2, 0.25) is 0 Å². The Morgan fingerprint density at radius 2 is 1.65 bits per heavy atom. The van der Waals surface area contributed by atoms with Crippen LogP contribution in [-0.2, 0) is 22.1 Å². The second-order valence-electron chi connectivity index (χ2n) is 15.9. The molecule has 4 atom stereocenters. The molecule has 0 unspecified atom stereocenters. The number of alkyl halides is 3. The van der Waals surface area contributed by atoms with E-state index in [4.69, 9.17) is 23.7 Å². The van der Waals surface area contributed by atoms with E-state index >= 15 is 0 Å². The minimum Gasteiger partial charge on any atom is -0.494 e. The number of hydrogen-bond donors (Lipinski definition) is 4. The number of rotatable bonds is 16. The number of nitrogens with one attached hydrogen (secondary N) is 2. The van der Waals surface area contributed by atoms with E-state index in [1.165, 1.54) is 6.07 Å². The first-order valence-corrected chi connectivity index (χ1v) is 21.5. The average molecular weight is 994 g/mol. The van der Waals surface area contributed by atoms with Gasteiger partial charge >= 0.3 is 12.3 Å². The molecule has 0 radical (unpaired) electrons. The SMILES string of the molecule is CC(C)(C)OC(=O)NCCc1ccc(Oc2ccc(OCCCNC(=O)c3ccc(N4CCN(C[C@H]5OC[C@H](Oc6cccc(C(F)(F)F)n6)[C@@H](O)[C@H]5O)CC4)nn3)cc2)c(I)c1. The van der Waals surface area contributed by atoms with Crippen molar-refractivity contribution in [1.29, 1.82) is 0 Å². The fourth-order valence-corrected chi connectivity index (χ4v) is 7.32. The number of hydrogen-bond acceptors (Lipinski definition) is 14. The lowest BCUT2D eigenvalue weighted by atomic mass is 9.99. The minimum atomic E-state index is -4.65. The highest BCUT2D eigenvalue weighted by molar-refractivity contribution is 14.1. The van der Waals surface area contributed by atoms with E-state index in [-0.39, 0.29) is 24.1 Å². The molecular formula is C43H51F3IN7O9. The molecule has 4 aromatic rings. The maximum atomic E-state index is 13.0. The van der Waals surface area contributed by atoms with Gasteiger partial charge in [-0.25, -0.2) is 9.78 Å². The smallest absolute Gasteiger partial charge is 0.433 e. The molecule has 4 N–H and O–H groups in total. The maximum absolute atomic E-state index is 13.0. The van der Waals surface area contributed by atoms with Crippen molar-refractivity contribution in [2.75, 3.05) is 63.9 Å². The number of amides is 2. The summed E-state index contributed by atoms with van der Waals surface area (Å²) in [6.07, 6.45) is -8.46. The van der Waals surface area contributed by atoms with Gasteiger partial charge in [-0.15, -0.1) is 10.2 Å². The summed E-state index contributed by atoms with van der Waals surface area (Å²) < 4.78 is 68.5. The van der Waals surface area contributed by atoms with Gasteiger partial charge in [0.15, 0.2) is 17.6 Å². The Morgan fingerprint density at radius 3 is 2.33 bits per heavy atom.